The van der Waals surface area contributed by atoms with Gasteiger partial charge in [-0.2, -0.15) is 5.10 Å². The fourth-order valence-electron chi connectivity index (χ4n) is 3.93. The minimum Gasteiger partial charge on any atom is -0.507 e. The first kappa shape index (κ1) is 16.1. The number of nitrogens with one attached hydrogen (secondary N) is 1. The molecule has 25 heavy (non-hydrogen) atoms. The molecule has 3 heterocycles. The Morgan fingerprint density at radius 1 is 1.20 bits per heavy atom. The lowest BCUT2D eigenvalue weighted by Crippen LogP contribution is -2.40. The lowest BCUT2D eigenvalue weighted by atomic mass is 9.84. The van der Waals surface area contributed by atoms with Gasteiger partial charge in [0.05, 0.1) is 5.69 Å². The fourth-order valence-corrected chi connectivity index (χ4v) is 3.93. The zero-order valence-electron chi connectivity index (χ0n) is 14.1. The van der Waals surface area contributed by atoms with Gasteiger partial charge in [-0.25, -0.2) is 0 Å². The van der Waals surface area contributed by atoms with E-state index >= 15 is 0 Å². The van der Waals surface area contributed by atoms with Gasteiger partial charge >= 0.3 is 0 Å². The molecule has 4 rings (SSSR count). The van der Waals surface area contributed by atoms with Crippen LogP contribution in [0.25, 0.3) is 11.3 Å². The Labute approximate surface area is 146 Å². The molecule has 1 aromatic carbocycles. The molecule has 2 fully saturated rings. The maximum Gasteiger partial charge on any atom is 0.271 e. The van der Waals surface area contributed by atoms with E-state index in [1.165, 1.54) is 0 Å². The number of benzene rings is 1. The van der Waals surface area contributed by atoms with Crippen molar-refractivity contribution in [2.45, 2.75) is 19.3 Å². The van der Waals surface area contributed by atoms with Crippen molar-refractivity contribution < 1.29 is 14.6 Å². The van der Waals surface area contributed by atoms with E-state index < -0.39 is 0 Å². The van der Waals surface area contributed by atoms with Crippen molar-refractivity contribution in [2.75, 3.05) is 26.3 Å². The number of carbonyl (C=O) groups is 1. The third-order valence-electron chi connectivity index (χ3n) is 5.45. The lowest BCUT2D eigenvalue weighted by Gasteiger charge is -2.34. The zero-order chi connectivity index (χ0) is 17.2. The quantitative estimate of drug-likeness (QED) is 0.900. The molecule has 0 bridgehead atoms. The molecule has 2 aliphatic rings. The smallest absolute Gasteiger partial charge is 0.271 e. The van der Waals surface area contributed by atoms with Crippen LogP contribution in [0.5, 0.6) is 5.75 Å². The summed E-state index contributed by atoms with van der Waals surface area (Å²) in [6.07, 6.45) is 3.24. The van der Waals surface area contributed by atoms with Crippen molar-refractivity contribution in [1.82, 2.24) is 15.1 Å². The number of phenols is 1. The predicted octanol–water partition coefficient (Wildman–Crippen LogP) is 2.67. The van der Waals surface area contributed by atoms with Gasteiger partial charge in [0.1, 0.15) is 11.4 Å². The summed E-state index contributed by atoms with van der Waals surface area (Å²) in [6.45, 7) is 3.33. The van der Waals surface area contributed by atoms with Gasteiger partial charge in [0.25, 0.3) is 5.91 Å². The van der Waals surface area contributed by atoms with Crippen LogP contribution in [0.1, 0.15) is 29.8 Å². The van der Waals surface area contributed by atoms with Crippen LogP contribution < -0.4 is 0 Å². The third kappa shape index (κ3) is 3.26. The van der Waals surface area contributed by atoms with Crippen molar-refractivity contribution in [3.8, 4) is 17.0 Å². The number of amides is 1. The second-order valence-corrected chi connectivity index (χ2v) is 6.94. The highest BCUT2D eigenvalue weighted by atomic mass is 16.5. The van der Waals surface area contributed by atoms with Crippen molar-refractivity contribution in [1.29, 1.82) is 0 Å². The van der Waals surface area contributed by atoms with Crippen LogP contribution in [0.3, 0.4) is 0 Å². The van der Waals surface area contributed by atoms with Crippen LogP contribution in [-0.4, -0.2) is 52.4 Å². The van der Waals surface area contributed by atoms with E-state index in [9.17, 15) is 9.90 Å². The Morgan fingerprint density at radius 3 is 2.72 bits per heavy atom. The van der Waals surface area contributed by atoms with Crippen LogP contribution in [0.15, 0.2) is 30.3 Å². The van der Waals surface area contributed by atoms with Crippen molar-refractivity contribution in [3.63, 3.8) is 0 Å². The van der Waals surface area contributed by atoms with Crippen molar-refractivity contribution >= 4 is 5.91 Å². The molecule has 2 aliphatic heterocycles. The number of H-pyrrole nitrogens is 1. The Morgan fingerprint density at radius 2 is 2.00 bits per heavy atom. The summed E-state index contributed by atoms with van der Waals surface area (Å²) in [6, 6.07) is 8.71. The van der Waals surface area contributed by atoms with Crippen LogP contribution in [-0.2, 0) is 4.74 Å². The second-order valence-electron chi connectivity index (χ2n) is 6.94. The summed E-state index contributed by atoms with van der Waals surface area (Å²) in [5.41, 5.74) is 1.68. The van der Waals surface area contributed by atoms with Crippen molar-refractivity contribution in [2.24, 2.45) is 11.8 Å². The molecule has 0 spiro atoms. The van der Waals surface area contributed by atoms with Crippen LogP contribution in [0.2, 0.25) is 0 Å². The first-order valence-electron chi connectivity index (χ1n) is 8.93. The standard InChI is InChI=1S/C19H23N3O3/c23-18-4-2-1-3-15(18)16-11-17(21-20-16)19(24)22-8-5-13(6-9-22)14-7-10-25-12-14/h1-4,11,13-14,23H,5-10,12H2,(H,20,21). The minimum atomic E-state index is -0.0182. The molecular formula is C19H23N3O3. The molecule has 2 saturated heterocycles. The number of hydrogen-bond donors (Lipinski definition) is 2. The predicted molar refractivity (Wildman–Crippen MR) is 93.2 cm³/mol. The molecule has 1 aromatic heterocycles. The van der Waals surface area contributed by atoms with E-state index in [1.807, 2.05) is 11.0 Å². The van der Waals surface area contributed by atoms with E-state index in [-0.39, 0.29) is 11.7 Å². The average Bonchev–Trinajstić information content (AvgIpc) is 3.34. The summed E-state index contributed by atoms with van der Waals surface area (Å²) in [5, 5.41) is 16.9. The summed E-state index contributed by atoms with van der Waals surface area (Å²) in [4.78, 5) is 14.6. The van der Waals surface area contributed by atoms with Gasteiger partial charge in [-0.1, -0.05) is 12.1 Å². The van der Waals surface area contributed by atoms with Gasteiger partial charge in [0.2, 0.25) is 0 Å². The SMILES string of the molecule is O=C(c1cc(-c2ccccc2O)n[nH]1)N1CCC(C2CCOC2)CC1. The number of aromatic nitrogens is 2. The number of aromatic amines is 1. The number of phenolic OH excluding ortho intramolecular Hbond substituents is 1. The van der Waals surface area contributed by atoms with E-state index in [0.29, 0.717) is 28.8 Å². The number of para-hydroxylation sites is 1. The van der Waals surface area contributed by atoms with Gasteiger partial charge in [-0.05, 0) is 49.3 Å². The Kier molecular flexibility index (Phi) is 4.44. The van der Waals surface area contributed by atoms with Gasteiger partial charge in [-0.3, -0.25) is 9.89 Å². The number of likely N-dealkylation sites (tertiary alicyclic amines) is 1. The zero-order valence-corrected chi connectivity index (χ0v) is 14.1. The summed E-state index contributed by atoms with van der Waals surface area (Å²) in [7, 11) is 0. The number of carbonyl (C=O) groups excluding carboxylic acids is 1. The van der Waals surface area contributed by atoms with E-state index in [0.717, 1.165) is 45.6 Å². The maximum atomic E-state index is 12.7. The minimum absolute atomic E-state index is 0.0182. The molecule has 1 atom stereocenters. The lowest BCUT2D eigenvalue weighted by molar-refractivity contribution is 0.0643. The molecule has 2 aromatic rings. The molecule has 2 N–H and O–H groups in total. The third-order valence-corrected chi connectivity index (χ3v) is 5.45. The van der Waals surface area contributed by atoms with Crippen molar-refractivity contribution in [3.05, 3.63) is 36.0 Å². The highest BCUT2D eigenvalue weighted by molar-refractivity contribution is 5.93. The molecular weight excluding hydrogens is 318 g/mol. The highest BCUT2D eigenvalue weighted by Crippen LogP contribution is 2.31. The number of ether oxygens (including phenoxy) is 1. The van der Waals surface area contributed by atoms with Crippen LogP contribution in [0, 0.1) is 11.8 Å². The van der Waals surface area contributed by atoms with Gasteiger partial charge < -0.3 is 14.7 Å². The Balaban J connectivity index is 1.41. The summed E-state index contributed by atoms with van der Waals surface area (Å²) < 4.78 is 5.49. The number of nitrogens with zero attached hydrogens (tertiary/aromatic N) is 2. The Bertz CT molecular complexity index is 744. The molecule has 1 amide bonds. The Hall–Kier alpha value is -2.34. The van der Waals surface area contributed by atoms with Gasteiger partial charge in [-0.15, -0.1) is 0 Å². The van der Waals surface area contributed by atoms with E-state index in [2.05, 4.69) is 10.2 Å². The first-order chi connectivity index (χ1) is 12.2. The van der Waals surface area contributed by atoms with E-state index in [1.54, 1.807) is 24.3 Å². The first-order valence-corrected chi connectivity index (χ1v) is 8.93. The molecule has 0 saturated carbocycles. The fraction of sp³-hybridized carbons (Fsp3) is 0.474. The number of rotatable bonds is 3. The average molecular weight is 341 g/mol. The second kappa shape index (κ2) is 6.88. The number of aromatic hydroxyl groups is 1. The summed E-state index contributed by atoms with van der Waals surface area (Å²) >= 11 is 0. The normalized spacial score (nSPS) is 21.6. The monoisotopic (exact) mass is 341 g/mol. The maximum absolute atomic E-state index is 12.7. The molecule has 6 nitrogen and oxygen atoms in total. The molecule has 1 unspecified atom stereocenters. The number of piperidine rings is 1. The summed E-state index contributed by atoms with van der Waals surface area (Å²) in [5.74, 6) is 1.48. The number of hydrogen-bond acceptors (Lipinski definition) is 4. The molecule has 6 heteroatoms. The topological polar surface area (TPSA) is 78.4 Å². The van der Waals surface area contributed by atoms with Crippen LogP contribution >= 0.6 is 0 Å². The van der Waals surface area contributed by atoms with Crippen LogP contribution in [0.4, 0.5) is 0 Å². The van der Waals surface area contributed by atoms with Gasteiger partial charge in [0.15, 0.2) is 0 Å². The van der Waals surface area contributed by atoms with Gasteiger partial charge in [0, 0.05) is 31.9 Å². The largest absolute Gasteiger partial charge is 0.507 e. The molecule has 0 radical (unpaired) electrons. The molecule has 132 valence electrons. The molecule has 0 aliphatic carbocycles. The highest BCUT2D eigenvalue weighted by Gasteiger charge is 2.31. The van der Waals surface area contributed by atoms with E-state index in [4.69, 9.17) is 4.74 Å².